The third-order valence-electron chi connectivity index (χ3n) is 9.02. The number of hydrogen-bond donors (Lipinski definition) is 0. The van der Waals surface area contributed by atoms with Gasteiger partial charge in [-0.1, -0.05) is 19.9 Å². The van der Waals surface area contributed by atoms with Crippen molar-refractivity contribution in [3.05, 3.63) is 41.4 Å². The summed E-state index contributed by atoms with van der Waals surface area (Å²) in [6, 6.07) is 6.11. The van der Waals surface area contributed by atoms with Crippen molar-refractivity contribution in [1.82, 2.24) is 25.0 Å². The van der Waals surface area contributed by atoms with E-state index in [0.717, 1.165) is 43.9 Å². The van der Waals surface area contributed by atoms with Crippen LogP contribution in [-0.2, 0) is 20.7 Å². The summed E-state index contributed by atoms with van der Waals surface area (Å²) < 4.78 is 17.4. The van der Waals surface area contributed by atoms with E-state index in [1.54, 1.807) is 4.90 Å². The third kappa shape index (κ3) is 5.34. The van der Waals surface area contributed by atoms with E-state index >= 15 is 0 Å². The second-order valence-electron chi connectivity index (χ2n) is 13.9. The van der Waals surface area contributed by atoms with Gasteiger partial charge in [0, 0.05) is 68.0 Å². The molecule has 4 aliphatic rings. The predicted molar refractivity (Wildman–Crippen MR) is 146 cm³/mol. The van der Waals surface area contributed by atoms with E-state index in [1.807, 2.05) is 37.8 Å². The van der Waals surface area contributed by atoms with Crippen molar-refractivity contribution in [1.29, 1.82) is 0 Å². The molecule has 4 fully saturated rings. The van der Waals surface area contributed by atoms with Gasteiger partial charge in [0.2, 0.25) is 17.7 Å². The van der Waals surface area contributed by atoms with E-state index < -0.39 is 5.60 Å². The second kappa shape index (κ2) is 9.82. The smallest absolute Gasteiger partial charge is 0.410 e. The van der Waals surface area contributed by atoms with Crippen molar-refractivity contribution in [2.75, 3.05) is 39.4 Å². The fraction of sp³-hybridized carbons (Fsp3) is 0.700. The standard InChI is InChI=1S/C30H41N5O5/c1-28(2,3)40-27(37)34-15-22(30(16-34)17-35(18-30)26(36)21-14-29(21,4)5)25-33-32-24(39-25)13-20-7-6-8-23(31-20)19-9-11-38-12-10-19/h6-8,19,21-22H,9-18H2,1-5H3. The quantitative estimate of drug-likeness (QED) is 0.545. The fourth-order valence-corrected chi connectivity index (χ4v) is 6.52. The van der Waals surface area contributed by atoms with Gasteiger partial charge in [-0.15, -0.1) is 10.2 Å². The van der Waals surface area contributed by atoms with Gasteiger partial charge in [-0.2, -0.15) is 0 Å². The van der Waals surface area contributed by atoms with Gasteiger partial charge in [-0.25, -0.2) is 4.79 Å². The summed E-state index contributed by atoms with van der Waals surface area (Å²) in [5.41, 5.74) is 1.14. The molecule has 2 unspecified atom stereocenters. The highest BCUT2D eigenvalue weighted by Crippen LogP contribution is 2.55. The summed E-state index contributed by atoms with van der Waals surface area (Å²) in [6.45, 7) is 13.5. The first-order chi connectivity index (χ1) is 18.9. The zero-order valence-electron chi connectivity index (χ0n) is 24.3. The number of carbonyl (C=O) groups is 2. The maximum absolute atomic E-state index is 13.1. The Bertz CT molecular complexity index is 1270. The highest BCUT2D eigenvalue weighted by atomic mass is 16.6. The Kier molecular flexibility index (Phi) is 6.67. The van der Waals surface area contributed by atoms with Gasteiger partial charge in [0.1, 0.15) is 5.60 Å². The lowest BCUT2D eigenvalue weighted by atomic mass is 9.71. The van der Waals surface area contributed by atoms with Crippen LogP contribution >= 0.6 is 0 Å². The minimum absolute atomic E-state index is 0.0783. The Morgan fingerprint density at radius 1 is 1.07 bits per heavy atom. The highest BCUT2D eigenvalue weighted by molar-refractivity contribution is 5.83. The summed E-state index contributed by atoms with van der Waals surface area (Å²) in [4.78, 5) is 34.7. The van der Waals surface area contributed by atoms with Crippen molar-refractivity contribution in [3.63, 3.8) is 0 Å². The molecule has 3 aliphatic heterocycles. The van der Waals surface area contributed by atoms with Crippen molar-refractivity contribution < 1.29 is 23.5 Å². The molecule has 6 rings (SSSR count). The van der Waals surface area contributed by atoms with E-state index in [4.69, 9.17) is 18.9 Å². The Hall–Kier alpha value is -3.01. The maximum atomic E-state index is 13.1. The minimum atomic E-state index is -0.592. The highest BCUT2D eigenvalue weighted by Gasteiger charge is 2.62. The van der Waals surface area contributed by atoms with Gasteiger partial charge in [-0.3, -0.25) is 9.78 Å². The first kappa shape index (κ1) is 27.2. The SMILES string of the molecule is CC(C)(C)OC(=O)N1CC(c2nnc(Cc3cccc(C4CCOCC4)n3)o2)C2(C1)CN(C(=O)C1CC1(C)C)C2. The van der Waals surface area contributed by atoms with E-state index in [1.165, 1.54) is 0 Å². The molecule has 0 N–H and O–H groups in total. The van der Waals surface area contributed by atoms with Crippen LogP contribution in [0.15, 0.2) is 22.6 Å². The van der Waals surface area contributed by atoms with Crippen LogP contribution in [0, 0.1) is 16.7 Å². The van der Waals surface area contributed by atoms with Crippen molar-refractivity contribution in [2.45, 2.75) is 77.7 Å². The first-order valence-electron chi connectivity index (χ1n) is 14.6. The zero-order chi connectivity index (χ0) is 28.3. The van der Waals surface area contributed by atoms with Crippen LogP contribution < -0.4 is 0 Å². The number of pyridine rings is 1. The van der Waals surface area contributed by atoms with Crippen LogP contribution in [0.3, 0.4) is 0 Å². The number of carbonyl (C=O) groups excluding carboxylic acids is 2. The summed E-state index contributed by atoms with van der Waals surface area (Å²) in [6.07, 6.45) is 2.99. The Labute approximate surface area is 235 Å². The number of aromatic nitrogens is 3. The fourth-order valence-electron chi connectivity index (χ4n) is 6.52. The molecule has 1 spiro atoms. The topological polar surface area (TPSA) is 111 Å². The lowest BCUT2D eigenvalue weighted by Gasteiger charge is -2.50. The number of nitrogens with zero attached hydrogens (tertiary/aromatic N) is 5. The molecule has 0 bridgehead atoms. The summed E-state index contributed by atoms with van der Waals surface area (Å²) in [7, 11) is 0. The van der Waals surface area contributed by atoms with E-state index in [9.17, 15) is 9.59 Å². The summed E-state index contributed by atoms with van der Waals surface area (Å²) >= 11 is 0. The largest absolute Gasteiger partial charge is 0.444 e. The summed E-state index contributed by atoms with van der Waals surface area (Å²) in [5, 5.41) is 8.82. The van der Waals surface area contributed by atoms with Crippen LogP contribution in [0.25, 0.3) is 0 Å². The maximum Gasteiger partial charge on any atom is 0.410 e. The average Bonchev–Trinajstić information content (AvgIpc) is 3.21. The van der Waals surface area contributed by atoms with Gasteiger partial charge in [0.25, 0.3) is 0 Å². The van der Waals surface area contributed by atoms with Crippen molar-refractivity contribution >= 4 is 12.0 Å². The molecule has 1 aliphatic carbocycles. The molecule has 1 saturated carbocycles. The molecule has 3 saturated heterocycles. The zero-order valence-corrected chi connectivity index (χ0v) is 24.3. The van der Waals surface area contributed by atoms with Gasteiger partial charge in [0.15, 0.2) is 0 Å². The molecule has 2 aromatic rings. The minimum Gasteiger partial charge on any atom is -0.444 e. The monoisotopic (exact) mass is 551 g/mol. The third-order valence-corrected chi connectivity index (χ3v) is 9.02. The van der Waals surface area contributed by atoms with Crippen molar-refractivity contribution in [2.24, 2.45) is 16.7 Å². The molecule has 5 heterocycles. The normalized spacial score (nSPS) is 25.6. The van der Waals surface area contributed by atoms with Crippen LogP contribution in [0.2, 0.25) is 0 Å². The molecule has 0 radical (unpaired) electrons. The number of ether oxygens (including phenoxy) is 2. The van der Waals surface area contributed by atoms with Gasteiger partial charge in [0.05, 0.1) is 12.3 Å². The summed E-state index contributed by atoms with van der Waals surface area (Å²) in [5.74, 6) is 1.57. The van der Waals surface area contributed by atoms with E-state index in [-0.39, 0.29) is 34.7 Å². The lowest BCUT2D eigenvalue weighted by Crippen LogP contribution is -2.62. The Morgan fingerprint density at radius 3 is 2.45 bits per heavy atom. The first-order valence-corrected chi connectivity index (χ1v) is 14.6. The number of likely N-dealkylation sites (tertiary alicyclic amines) is 2. The Morgan fingerprint density at radius 2 is 1.77 bits per heavy atom. The van der Waals surface area contributed by atoms with Gasteiger partial charge >= 0.3 is 6.09 Å². The molecular weight excluding hydrogens is 510 g/mol. The van der Waals surface area contributed by atoms with Gasteiger partial charge < -0.3 is 23.7 Å². The molecule has 216 valence electrons. The lowest BCUT2D eigenvalue weighted by molar-refractivity contribution is -0.146. The van der Waals surface area contributed by atoms with Gasteiger partial charge in [-0.05, 0) is 57.6 Å². The second-order valence-corrected chi connectivity index (χ2v) is 13.9. The number of amides is 2. The van der Waals surface area contributed by atoms with Crippen LogP contribution in [-0.4, -0.2) is 82.0 Å². The molecule has 10 heteroatoms. The van der Waals surface area contributed by atoms with Crippen LogP contribution in [0.1, 0.15) is 88.9 Å². The molecule has 10 nitrogen and oxygen atoms in total. The molecule has 2 amide bonds. The van der Waals surface area contributed by atoms with Crippen LogP contribution in [0.4, 0.5) is 4.79 Å². The Balaban J connectivity index is 1.18. The number of hydrogen-bond acceptors (Lipinski definition) is 8. The molecule has 2 aromatic heterocycles. The molecular formula is C30H41N5O5. The van der Waals surface area contributed by atoms with E-state index in [2.05, 4.69) is 30.1 Å². The predicted octanol–water partition coefficient (Wildman–Crippen LogP) is 4.16. The average molecular weight is 552 g/mol. The van der Waals surface area contributed by atoms with Crippen molar-refractivity contribution in [3.8, 4) is 0 Å². The van der Waals surface area contributed by atoms with E-state index in [0.29, 0.717) is 50.3 Å². The van der Waals surface area contributed by atoms with Crippen LogP contribution in [0.5, 0.6) is 0 Å². The molecule has 40 heavy (non-hydrogen) atoms. The number of rotatable bonds is 5. The molecule has 2 atom stereocenters. The molecule has 0 aromatic carbocycles.